The van der Waals surface area contributed by atoms with Crippen molar-refractivity contribution in [2.75, 3.05) is 11.1 Å². The van der Waals surface area contributed by atoms with Crippen molar-refractivity contribution >= 4 is 23.3 Å². The van der Waals surface area contributed by atoms with Crippen LogP contribution in [0.2, 0.25) is 0 Å². The van der Waals surface area contributed by atoms with Crippen LogP contribution in [0.3, 0.4) is 0 Å². The first-order valence-electron chi connectivity index (χ1n) is 7.03. The number of carbonyl (C=O) groups is 1. The van der Waals surface area contributed by atoms with Gasteiger partial charge in [-0.15, -0.1) is 0 Å². The molecule has 3 rings (SSSR count). The first kappa shape index (κ1) is 15.4. The van der Waals surface area contributed by atoms with Crippen LogP contribution in [0.1, 0.15) is 10.4 Å². The van der Waals surface area contributed by atoms with Crippen LogP contribution in [0.5, 0.6) is 0 Å². The number of nitrogens with zero attached hydrogens (tertiary/aromatic N) is 2. The van der Waals surface area contributed by atoms with E-state index >= 15 is 0 Å². The molecule has 2 aromatic carbocycles. The Morgan fingerprint density at radius 3 is 2.50 bits per heavy atom. The highest BCUT2D eigenvalue weighted by atomic mass is 19.1. The molecule has 0 saturated heterocycles. The second-order valence-electron chi connectivity index (χ2n) is 4.98. The molecule has 0 radical (unpaired) electrons. The van der Waals surface area contributed by atoms with Gasteiger partial charge in [-0.2, -0.15) is 0 Å². The molecule has 0 amide bonds. The van der Waals surface area contributed by atoms with Crippen LogP contribution < -0.4 is 11.1 Å². The highest BCUT2D eigenvalue weighted by Gasteiger charge is 2.11. The molecule has 6 nitrogen and oxygen atoms in total. The van der Waals surface area contributed by atoms with Crippen molar-refractivity contribution in [1.29, 1.82) is 0 Å². The summed E-state index contributed by atoms with van der Waals surface area (Å²) < 4.78 is 13.0. The zero-order valence-corrected chi connectivity index (χ0v) is 12.4. The van der Waals surface area contributed by atoms with E-state index < -0.39 is 5.97 Å². The highest BCUT2D eigenvalue weighted by molar-refractivity contribution is 5.95. The lowest BCUT2D eigenvalue weighted by atomic mass is 10.2. The second kappa shape index (κ2) is 6.33. The summed E-state index contributed by atoms with van der Waals surface area (Å²) in [6, 6.07) is 13.6. The molecule has 0 aliphatic carbocycles. The molecule has 0 fully saturated rings. The summed E-state index contributed by atoms with van der Waals surface area (Å²) in [4.78, 5) is 19.7. The Hall–Kier alpha value is -3.48. The molecular weight excluding hydrogens is 311 g/mol. The van der Waals surface area contributed by atoms with Crippen LogP contribution >= 0.6 is 0 Å². The van der Waals surface area contributed by atoms with E-state index in [4.69, 9.17) is 5.73 Å². The smallest absolute Gasteiger partial charge is 0.337 e. The number of aromatic nitrogens is 2. The molecule has 1 heterocycles. The number of anilines is 3. The number of nitrogens with two attached hydrogens (primary N) is 1. The first-order valence-corrected chi connectivity index (χ1v) is 7.03. The van der Waals surface area contributed by atoms with Crippen molar-refractivity contribution < 1.29 is 14.3 Å². The summed E-state index contributed by atoms with van der Waals surface area (Å²) in [5.74, 6) is -0.560. The summed E-state index contributed by atoms with van der Waals surface area (Å²) in [6.07, 6.45) is 0. The number of hydrogen-bond acceptors (Lipinski definition) is 5. The van der Waals surface area contributed by atoms with E-state index in [2.05, 4.69) is 15.3 Å². The van der Waals surface area contributed by atoms with Gasteiger partial charge in [0.25, 0.3) is 0 Å². The van der Waals surface area contributed by atoms with Gasteiger partial charge in [-0.25, -0.2) is 19.2 Å². The molecule has 0 unspecified atom stereocenters. The molecule has 0 atom stereocenters. The maximum atomic E-state index is 13.0. The van der Waals surface area contributed by atoms with E-state index in [0.717, 1.165) is 0 Å². The lowest BCUT2D eigenvalue weighted by Crippen LogP contribution is -2.05. The zero-order chi connectivity index (χ0) is 17.1. The van der Waals surface area contributed by atoms with Crippen LogP contribution in [-0.2, 0) is 0 Å². The van der Waals surface area contributed by atoms with Gasteiger partial charge in [0.2, 0.25) is 0 Å². The van der Waals surface area contributed by atoms with Gasteiger partial charge in [-0.05, 0) is 36.4 Å². The number of benzene rings is 2. The van der Waals surface area contributed by atoms with Crippen LogP contribution in [0, 0.1) is 5.82 Å². The Kier molecular flexibility index (Phi) is 4.07. The maximum absolute atomic E-state index is 13.0. The summed E-state index contributed by atoms with van der Waals surface area (Å²) in [7, 11) is 0. The van der Waals surface area contributed by atoms with Crippen molar-refractivity contribution in [2.45, 2.75) is 0 Å². The summed E-state index contributed by atoms with van der Waals surface area (Å²) >= 11 is 0. The number of hydrogen-bond donors (Lipinski definition) is 3. The quantitative estimate of drug-likeness (QED) is 0.680. The van der Waals surface area contributed by atoms with E-state index in [1.165, 1.54) is 24.3 Å². The fourth-order valence-electron chi connectivity index (χ4n) is 2.17. The van der Waals surface area contributed by atoms with Crippen molar-refractivity contribution in [3.8, 4) is 11.4 Å². The average molecular weight is 324 g/mol. The molecule has 4 N–H and O–H groups in total. The Morgan fingerprint density at radius 2 is 1.79 bits per heavy atom. The highest BCUT2D eigenvalue weighted by Crippen LogP contribution is 2.23. The standard InChI is InChI=1S/C17H13FN4O2/c18-11-7-5-10(6-8-11)16-21-14(19)9-15(22-16)20-13-4-2-1-3-12(13)17(23)24/h1-9H,(H,23,24)(H3,19,20,21,22). The Labute approximate surface area is 136 Å². The lowest BCUT2D eigenvalue weighted by Gasteiger charge is -2.10. The van der Waals surface area contributed by atoms with Gasteiger partial charge in [0.15, 0.2) is 5.82 Å². The van der Waals surface area contributed by atoms with Gasteiger partial charge >= 0.3 is 5.97 Å². The van der Waals surface area contributed by atoms with Crippen molar-refractivity contribution in [3.05, 3.63) is 66.0 Å². The Bertz CT molecular complexity index is 897. The number of carboxylic acids is 1. The number of carboxylic acid groups (broad SMARTS) is 1. The SMILES string of the molecule is Nc1cc(Nc2ccccc2C(=O)O)nc(-c2ccc(F)cc2)n1. The number of para-hydroxylation sites is 1. The van der Waals surface area contributed by atoms with Gasteiger partial charge in [-0.3, -0.25) is 0 Å². The normalized spacial score (nSPS) is 10.4. The predicted molar refractivity (Wildman–Crippen MR) is 88.5 cm³/mol. The fraction of sp³-hybridized carbons (Fsp3) is 0. The number of nitrogen functional groups attached to an aromatic ring is 1. The largest absolute Gasteiger partial charge is 0.478 e. The fourth-order valence-corrected chi connectivity index (χ4v) is 2.17. The number of nitrogens with one attached hydrogen (secondary N) is 1. The summed E-state index contributed by atoms with van der Waals surface area (Å²) in [5.41, 5.74) is 6.88. The zero-order valence-electron chi connectivity index (χ0n) is 12.4. The first-order chi connectivity index (χ1) is 11.5. The van der Waals surface area contributed by atoms with E-state index in [-0.39, 0.29) is 17.2 Å². The third kappa shape index (κ3) is 3.30. The molecule has 0 bridgehead atoms. The van der Waals surface area contributed by atoms with Crippen LogP contribution in [0.15, 0.2) is 54.6 Å². The van der Waals surface area contributed by atoms with Gasteiger partial charge in [0, 0.05) is 11.6 Å². The molecular formula is C17H13FN4O2. The van der Waals surface area contributed by atoms with E-state index in [1.807, 2.05) is 0 Å². The molecule has 120 valence electrons. The topological polar surface area (TPSA) is 101 Å². The number of halogens is 1. The van der Waals surface area contributed by atoms with Gasteiger partial charge in [0.1, 0.15) is 17.5 Å². The number of aromatic carboxylic acids is 1. The molecule has 0 spiro atoms. The lowest BCUT2D eigenvalue weighted by molar-refractivity contribution is 0.0698. The molecule has 0 aliphatic rings. The van der Waals surface area contributed by atoms with E-state index in [9.17, 15) is 14.3 Å². The van der Waals surface area contributed by atoms with Gasteiger partial charge in [-0.1, -0.05) is 12.1 Å². The third-order valence-corrected chi connectivity index (χ3v) is 3.27. The van der Waals surface area contributed by atoms with Crippen LogP contribution in [-0.4, -0.2) is 21.0 Å². The maximum Gasteiger partial charge on any atom is 0.337 e. The molecule has 24 heavy (non-hydrogen) atoms. The van der Waals surface area contributed by atoms with Gasteiger partial charge in [0.05, 0.1) is 11.3 Å². The van der Waals surface area contributed by atoms with Crippen LogP contribution in [0.4, 0.5) is 21.7 Å². The third-order valence-electron chi connectivity index (χ3n) is 3.27. The van der Waals surface area contributed by atoms with Crippen molar-refractivity contribution in [3.63, 3.8) is 0 Å². The van der Waals surface area contributed by atoms with Crippen LogP contribution in [0.25, 0.3) is 11.4 Å². The van der Waals surface area contributed by atoms with E-state index in [1.54, 1.807) is 30.3 Å². The van der Waals surface area contributed by atoms with Gasteiger partial charge < -0.3 is 16.2 Å². The van der Waals surface area contributed by atoms with Crippen molar-refractivity contribution in [2.24, 2.45) is 0 Å². The summed E-state index contributed by atoms with van der Waals surface area (Å²) in [5, 5.41) is 12.2. The molecule has 7 heteroatoms. The molecule has 3 aromatic rings. The second-order valence-corrected chi connectivity index (χ2v) is 4.98. The Balaban J connectivity index is 1.98. The monoisotopic (exact) mass is 324 g/mol. The molecule has 0 aliphatic heterocycles. The Morgan fingerprint density at radius 1 is 1.08 bits per heavy atom. The molecule has 0 saturated carbocycles. The van der Waals surface area contributed by atoms with E-state index in [0.29, 0.717) is 22.9 Å². The number of rotatable bonds is 4. The molecule has 1 aromatic heterocycles. The summed E-state index contributed by atoms with van der Waals surface area (Å²) in [6.45, 7) is 0. The predicted octanol–water partition coefficient (Wildman–Crippen LogP) is 3.31. The average Bonchev–Trinajstić information content (AvgIpc) is 2.55. The minimum Gasteiger partial charge on any atom is -0.478 e. The minimum atomic E-state index is -1.06. The van der Waals surface area contributed by atoms with Crippen molar-refractivity contribution in [1.82, 2.24) is 9.97 Å². The minimum absolute atomic E-state index is 0.109.